The highest BCUT2D eigenvalue weighted by atomic mass is 127. The van der Waals surface area contributed by atoms with Gasteiger partial charge >= 0.3 is 0 Å². The molecule has 0 saturated carbocycles. The van der Waals surface area contributed by atoms with Crippen molar-refractivity contribution in [1.29, 1.82) is 0 Å². The third-order valence-electron chi connectivity index (χ3n) is 1.92. The molecule has 2 N–H and O–H groups in total. The van der Waals surface area contributed by atoms with E-state index in [4.69, 9.17) is 0 Å². The average molecular weight is 334 g/mol. The van der Waals surface area contributed by atoms with Crippen molar-refractivity contribution >= 4 is 33.9 Å². The molecule has 6 heteroatoms. The molecule has 0 aromatic carbocycles. The van der Waals surface area contributed by atoms with Crippen LogP contribution in [0, 0.1) is 10.5 Å². The quantitative estimate of drug-likeness (QED) is 0.785. The first-order valence-electron chi connectivity index (χ1n) is 4.13. The molecule has 0 bridgehead atoms. The number of hydrogen-bond acceptors (Lipinski definition) is 4. The number of nitrogens with one attached hydrogen (secondary N) is 1. The largest absolute Gasteiger partial charge is 0.492 e. The summed E-state index contributed by atoms with van der Waals surface area (Å²) in [4.78, 5) is 18.9. The first-order chi connectivity index (χ1) is 7.09. The Bertz CT molecular complexity index is 561. The molecule has 0 unspecified atom stereocenters. The van der Waals surface area contributed by atoms with Gasteiger partial charge in [-0.2, -0.15) is 4.98 Å². The van der Waals surface area contributed by atoms with Crippen LogP contribution in [-0.2, 0) is 0 Å². The minimum Gasteiger partial charge on any atom is -0.492 e. The van der Waals surface area contributed by atoms with Crippen LogP contribution in [0.5, 0.6) is 5.88 Å². The van der Waals surface area contributed by atoms with E-state index in [9.17, 15) is 9.90 Å². The molecule has 0 amide bonds. The number of thiophene rings is 1. The minimum atomic E-state index is -0.314. The number of aryl methyl sites for hydroxylation is 1. The summed E-state index contributed by atoms with van der Waals surface area (Å²) in [6, 6.07) is 1.94. The standard InChI is InChI=1S/C9H7IN2O2S/c1-4-2-3-15-6(4)7-11-8(13)5(10)9(14)12-7/h2-3H,1H3,(H2,11,12,13,14). The highest BCUT2D eigenvalue weighted by Crippen LogP contribution is 2.26. The molecule has 2 heterocycles. The van der Waals surface area contributed by atoms with Gasteiger partial charge in [-0.15, -0.1) is 11.3 Å². The average Bonchev–Trinajstić information content (AvgIpc) is 2.60. The summed E-state index contributed by atoms with van der Waals surface area (Å²) < 4.78 is 0.213. The van der Waals surface area contributed by atoms with Crippen LogP contribution in [0.2, 0.25) is 0 Å². The third-order valence-corrected chi connectivity index (χ3v) is 3.92. The van der Waals surface area contributed by atoms with E-state index < -0.39 is 0 Å². The fourth-order valence-corrected chi connectivity index (χ4v) is 2.30. The number of nitrogens with zero attached hydrogens (tertiary/aromatic N) is 1. The smallest absolute Gasteiger partial charge is 0.268 e. The molecule has 4 nitrogen and oxygen atoms in total. The van der Waals surface area contributed by atoms with Crippen LogP contribution in [0.25, 0.3) is 10.7 Å². The number of rotatable bonds is 1. The molecule has 15 heavy (non-hydrogen) atoms. The molecular weight excluding hydrogens is 327 g/mol. The Labute approximate surface area is 103 Å². The van der Waals surface area contributed by atoms with E-state index in [1.165, 1.54) is 11.3 Å². The van der Waals surface area contributed by atoms with Crippen molar-refractivity contribution in [2.24, 2.45) is 0 Å². The second kappa shape index (κ2) is 3.93. The lowest BCUT2D eigenvalue weighted by molar-refractivity contribution is 0.447. The molecule has 0 fully saturated rings. The fraction of sp³-hybridized carbons (Fsp3) is 0.111. The van der Waals surface area contributed by atoms with E-state index in [2.05, 4.69) is 9.97 Å². The number of aromatic nitrogens is 2. The predicted molar refractivity (Wildman–Crippen MR) is 67.3 cm³/mol. The van der Waals surface area contributed by atoms with E-state index in [0.29, 0.717) is 5.82 Å². The van der Waals surface area contributed by atoms with Crippen molar-refractivity contribution < 1.29 is 5.11 Å². The Balaban J connectivity index is 2.66. The van der Waals surface area contributed by atoms with Crippen molar-refractivity contribution in [3.8, 4) is 16.6 Å². The molecule has 2 aromatic rings. The Hall–Kier alpha value is -0.890. The van der Waals surface area contributed by atoms with Crippen molar-refractivity contribution in [3.05, 3.63) is 30.9 Å². The normalized spacial score (nSPS) is 10.5. The van der Waals surface area contributed by atoms with Gasteiger partial charge < -0.3 is 10.1 Å². The van der Waals surface area contributed by atoms with Crippen molar-refractivity contribution in [2.75, 3.05) is 0 Å². The first-order valence-corrected chi connectivity index (χ1v) is 6.08. The highest BCUT2D eigenvalue weighted by Gasteiger charge is 2.11. The molecule has 78 valence electrons. The molecule has 0 aliphatic carbocycles. The Morgan fingerprint density at radius 1 is 1.60 bits per heavy atom. The van der Waals surface area contributed by atoms with Crippen LogP contribution in [0.3, 0.4) is 0 Å². The Kier molecular flexibility index (Phi) is 2.79. The SMILES string of the molecule is Cc1ccsc1-c1nc(O)c(I)c(=O)[nH]1. The molecule has 0 spiro atoms. The second-order valence-electron chi connectivity index (χ2n) is 2.98. The predicted octanol–water partition coefficient (Wildman–Crippen LogP) is 2.12. The molecule has 2 aromatic heterocycles. The summed E-state index contributed by atoms with van der Waals surface area (Å²) in [5.74, 6) is 0.201. The summed E-state index contributed by atoms with van der Waals surface area (Å²) >= 11 is 3.24. The Morgan fingerprint density at radius 3 is 2.87 bits per heavy atom. The van der Waals surface area contributed by atoms with Gasteiger partial charge in [0.25, 0.3) is 5.56 Å². The topological polar surface area (TPSA) is 66.0 Å². The van der Waals surface area contributed by atoms with Crippen LogP contribution >= 0.6 is 33.9 Å². The van der Waals surface area contributed by atoms with Gasteiger partial charge in [0.05, 0.1) is 4.88 Å². The number of aromatic amines is 1. The summed E-state index contributed by atoms with van der Waals surface area (Å²) in [5.41, 5.74) is 0.717. The van der Waals surface area contributed by atoms with Crippen molar-refractivity contribution in [1.82, 2.24) is 9.97 Å². The van der Waals surface area contributed by atoms with Crippen molar-refractivity contribution in [2.45, 2.75) is 6.92 Å². The fourth-order valence-electron chi connectivity index (χ4n) is 1.17. The zero-order valence-corrected chi connectivity index (χ0v) is 10.7. The lowest BCUT2D eigenvalue weighted by atomic mass is 10.3. The lowest BCUT2D eigenvalue weighted by Gasteiger charge is -2.00. The van der Waals surface area contributed by atoms with Crippen LogP contribution < -0.4 is 5.56 Å². The maximum Gasteiger partial charge on any atom is 0.268 e. The second-order valence-corrected chi connectivity index (χ2v) is 4.98. The maximum atomic E-state index is 11.4. The minimum absolute atomic E-state index is 0.213. The molecule has 0 saturated heterocycles. The molecule has 2 rings (SSSR count). The van der Waals surface area contributed by atoms with E-state index in [-0.39, 0.29) is 15.0 Å². The highest BCUT2D eigenvalue weighted by molar-refractivity contribution is 14.1. The van der Waals surface area contributed by atoms with Gasteiger partial charge in [0.1, 0.15) is 3.57 Å². The van der Waals surface area contributed by atoms with E-state index in [0.717, 1.165) is 10.4 Å². The molecule has 0 aliphatic heterocycles. The van der Waals surface area contributed by atoms with Crippen LogP contribution in [0.15, 0.2) is 16.2 Å². The van der Waals surface area contributed by atoms with Gasteiger partial charge in [0, 0.05) is 0 Å². The zero-order chi connectivity index (χ0) is 11.0. The number of halogens is 1. The number of hydrogen-bond donors (Lipinski definition) is 2. The van der Waals surface area contributed by atoms with Gasteiger partial charge in [-0.05, 0) is 46.5 Å². The zero-order valence-electron chi connectivity index (χ0n) is 7.74. The van der Waals surface area contributed by atoms with Crippen LogP contribution in [-0.4, -0.2) is 15.1 Å². The molecular formula is C9H7IN2O2S. The lowest BCUT2D eigenvalue weighted by Crippen LogP contribution is -2.12. The van der Waals surface area contributed by atoms with Gasteiger partial charge in [0.15, 0.2) is 5.82 Å². The van der Waals surface area contributed by atoms with Crippen LogP contribution in [0.1, 0.15) is 5.56 Å². The molecule has 0 atom stereocenters. The summed E-state index contributed by atoms with van der Waals surface area (Å²) in [6.45, 7) is 1.93. The summed E-state index contributed by atoms with van der Waals surface area (Å²) in [6.07, 6.45) is 0. The summed E-state index contributed by atoms with van der Waals surface area (Å²) in [5, 5.41) is 11.4. The van der Waals surface area contributed by atoms with Gasteiger partial charge in [0.2, 0.25) is 5.88 Å². The van der Waals surface area contributed by atoms with Gasteiger partial charge in [-0.1, -0.05) is 0 Å². The van der Waals surface area contributed by atoms with E-state index in [1.807, 2.05) is 18.4 Å². The maximum absolute atomic E-state index is 11.4. The number of H-pyrrole nitrogens is 1. The summed E-state index contributed by atoms with van der Waals surface area (Å²) in [7, 11) is 0. The monoisotopic (exact) mass is 334 g/mol. The Morgan fingerprint density at radius 2 is 2.33 bits per heavy atom. The van der Waals surface area contributed by atoms with E-state index >= 15 is 0 Å². The first kappa shape index (κ1) is 10.6. The molecule has 0 aliphatic rings. The number of aromatic hydroxyl groups is 1. The van der Waals surface area contributed by atoms with Crippen LogP contribution in [0.4, 0.5) is 0 Å². The molecule has 0 radical (unpaired) electrons. The van der Waals surface area contributed by atoms with Crippen molar-refractivity contribution in [3.63, 3.8) is 0 Å². The van der Waals surface area contributed by atoms with E-state index in [1.54, 1.807) is 22.6 Å². The van der Waals surface area contributed by atoms with Gasteiger partial charge in [-0.25, -0.2) is 0 Å². The third kappa shape index (κ3) is 1.91. The van der Waals surface area contributed by atoms with Gasteiger partial charge in [-0.3, -0.25) is 4.79 Å².